The van der Waals surface area contributed by atoms with E-state index in [1.165, 1.54) is 6.42 Å². The number of carbonyl (C=O) groups excluding carboxylic acids is 3. The number of unbranched alkanes of at least 4 members (excludes halogenated alkanes) is 8. The third-order valence-electron chi connectivity index (χ3n) is 11.4. The van der Waals surface area contributed by atoms with Crippen LogP contribution >= 0.6 is 0 Å². The molecular weight excluding hydrogens is 959 g/mol. The Labute approximate surface area is 469 Å². The van der Waals surface area contributed by atoms with Crippen LogP contribution in [0.1, 0.15) is 181 Å². The van der Waals surface area contributed by atoms with Gasteiger partial charge in [0.2, 0.25) is 0 Å². The van der Waals surface area contributed by atoms with Gasteiger partial charge < -0.3 is 33.3 Å². The summed E-state index contributed by atoms with van der Waals surface area (Å²) in [6, 6.07) is 0. The van der Waals surface area contributed by atoms with Gasteiger partial charge in [-0.1, -0.05) is 210 Å². The predicted molar refractivity (Wildman–Crippen MR) is 324 cm³/mol. The average Bonchev–Trinajstić information content (AvgIpc) is 3.40. The average molecular weight is 1060 g/mol. The van der Waals surface area contributed by atoms with E-state index < -0.39 is 30.3 Å². The third-order valence-corrected chi connectivity index (χ3v) is 11.4. The number of allylic oxidation sites excluding steroid dienone is 28. The Morgan fingerprint density at radius 3 is 1.13 bits per heavy atom. The summed E-state index contributed by atoms with van der Waals surface area (Å²) >= 11 is 0. The summed E-state index contributed by atoms with van der Waals surface area (Å²) in [7, 11) is 5.88. The monoisotopic (exact) mass is 1060 g/mol. The second-order valence-corrected chi connectivity index (χ2v) is 19.8. The smallest absolute Gasteiger partial charge is 0.306 e. The van der Waals surface area contributed by atoms with Gasteiger partial charge in [-0.15, -0.1) is 0 Å². The van der Waals surface area contributed by atoms with Crippen molar-refractivity contribution >= 4 is 17.9 Å². The SMILES string of the molecule is CC/C=C\C/C=C\C/C=C\C/C=C\C/C=C\C/C=C\C/C=C\C/C=C\C/C=C\C/C=C\C/C=C\C/C=C\CCCCC(=O)OC(COC(=O)CCCCCCC/C=C\C/C=C\CCC)COC(OCC[N+](C)(C)C)C(=O)[O-]. The normalized spacial score (nSPS) is 14.0. The number of likely N-dealkylation sites (N-methyl/N-ethyl adjacent to an activating group) is 1. The van der Waals surface area contributed by atoms with Crippen molar-refractivity contribution in [1.82, 2.24) is 0 Å². The summed E-state index contributed by atoms with van der Waals surface area (Å²) in [5, 5.41) is 11.7. The maximum atomic E-state index is 12.8. The molecule has 0 aromatic rings. The van der Waals surface area contributed by atoms with E-state index in [0.29, 0.717) is 23.9 Å². The number of ether oxygens (including phenoxy) is 4. The van der Waals surface area contributed by atoms with Gasteiger partial charge >= 0.3 is 11.9 Å². The Kier molecular flexibility index (Phi) is 52.9. The largest absolute Gasteiger partial charge is 0.545 e. The van der Waals surface area contributed by atoms with Crippen LogP contribution in [0, 0.1) is 0 Å². The van der Waals surface area contributed by atoms with Gasteiger partial charge in [0.1, 0.15) is 13.2 Å². The van der Waals surface area contributed by atoms with E-state index in [9.17, 15) is 19.5 Å². The molecule has 9 nitrogen and oxygen atoms in total. The standard InChI is InChI=1S/C68H105NO8/c1-6-8-10-12-14-16-18-20-21-22-23-24-25-26-27-28-29-30-31-32-33-34-35-36-37-38-39-40-41-42-43-44-45-47-49-51-53-55-57-59-66(71)77-64(63-76-68(67(72)73)74-61-60-69(3,4)5)62-75-65(70)58-56-54-52-50-48-46-19-17-15-13-11-9-7-2/h8,10-11,13-14,16-17,19-21,23-24,26-27,29-30,32-33,35-36,38-39,41-42,44-45,49,51,64,68H,6-7,9,12,15,18,22,25,28,31,34,37,40,43,46-48,50,52-63H2,1-5H3/b10-8-,13-11-,16-14-,19-17-,21-20-,24-23-,27-26-,30-29-,33-32-,36-35-,39-38-,42-41-,45-44-,51-49-. The molecule has 0 saturated heterocycles. The molecule has 0 rings (SSSR count). The van der Waals surface area contributed by atoms with E-state index >= 15 is 0 Å². The molecule has 0 N–H and O–H groups in total. The summed E-state index contributed by atoms with van der Waals surface area (Å²) in [6.07, 6.45) is 82.8. The molecule has 0 saturated carbocycles. The second kappa shape index (κ2) is 56.8. The number of rotatable bonds is 51. The first-order valence-electron chi connectivity index (χ1n) is 29.3. The lowest BCUT2D eigenvalue weighted by Gasteiger charge is -2.26. The quantitative estimate of drug-likeness (QED) is 0.0195. The van der Waals surface area contributed by atoms with Gasteiger partial charge in [0.05, 0.1) is 40.3 Å². The van der Waals surface area contributed by atoms with Gasteiger partial charge in [-0.3, -0.25) is 9.59 Å². The molecule has 77 heavy (non-hydrogen) atoms. The zero-order valence-electron chi connectivity index (χ0n) is 48.7. The van der Waals surface area contributed by atoms with Crippen molar-refractivity contribution in [2.24, 2.45) is 0 Å². The van der Waals surface area contributed by atoms with E-state index in [1.807, 2.05) is 21.1 Å². The van der Waals surface area contributed by atoms with Gasteiger partial charge in [-0.05, 0) is 128 Å². The van der Waals surface area contributed by atoms with Crippen LogP contribution in [0.2, 0.25) is 0 Å². The number of hydrogen-bond acceptors (Lipinski definition) is 8. The van der Waals surface area contributed by atoms with Crippen LogP contribution < -0.4 is 5.11 Å². The molecular formula is C68H105NO8. The molecule has 2 unspecified atom stereocenters. The molecule has 0 aromatic heterocycles. The van der Waals surface area contributed by atoms with E-state index in [4.69, 9.17) is 18.9 Å². The van der Waals surface area contributed by atoms with Gasteiger partial charge in [0, 0.05) is 12.8 Å². The molecule has 0 fully saturated rings. The van der Waals surface area contributed by atoms with Crippen molar-refractivity contribution in [3.63, 3.8) is 0 Å². The molecule has 9 heteroatoms. The van der Waals surface area contributed by atoms with E-state index in [-0.39, 0.29) is 32.7 Å². The topological polar surface area (TPSA) is 111 Å². The van der Waals surface area contributed by atoms with Crippen LogP contribution in [0.3, 0.4) is 0 Å². The van der Waals surface area contributed by atoms with Crippen molar-refractivity contribution in [2.45, 2.75) is 193 Å². The number of carboxylic acids is 1. The fraction of sp³-hybridized carbons (Fsp3) is 0.544. The second-order valence-electron chi connectivity index (χ2n) is 19.8. The van der Waals surface area contributed by atoms with Crippen molar-refractivity contribution in [1.29, 1.82) is 0 Å². The Morgan fingerprint density at radius 1 is 0.403 bits per heavy atom. The predicted octanol–water partition coefficient (Wildman–Crippen LogP) is 16.2. The first-order chi connectivity index (χ1) is 37.6. The van der Waals surface area contributed by atoms with Crippen LogP contribution in [0.25, 0.3) is 0 Å². The lowest BCUT2D eigenvalue weighted by atomic mass is 10.1. The number of carbonyl (C=O) groups is 3. The summed E-state index contributed by atoms with van der Waals surface area (Å²) in [6.45, 7) is 4.45. The molecule has 0 heterocycles. The number of hydrogen-bond donors (Lipinski definition) is 0. The fourth-order valence-electron chi connectivity index (χ4n) is 6.96. The van der Waals surface area contributed by atoms with Crippen LogP contribution in [0.15, 0.2) is 170 Å². The molecule has 0 aliphatic heterocycles. The van der Waals surface area contributed by atoms with Gasteiger partial charge in [0.25, 0.3) is 0 Å². The number of carboxylic acid groups (broad SMARTS) is 1. The van der Waals surface area contributed by atoms with Crippen molar-refractivity contribution in [3.05, 3.63) is 170 Å². The van der Waals surface area contributed by atoms with Gasteiger partial charge in [-0.2, -0.15) is 0 Å². The van der Waals surface area contributed by atoms with Crippen molar-refractivity contribution in [3.8, 4) is 0 Å². The van der Waals surface area contributed by atoms with E-state index in [2.05, 4.69) is 184 Å². The highest BCUT2D eigenvalue weighted by molar-refractivity contribution is 5.70. The minimum absolute atomic E-state index is 0.127. The van der Waals surface area contributed by atoms with Gasteiger partial charge in [-0.25, -0.2) is 0 Å². The van der Waals surface area contributed by atoms with Crippen molar-refractivity contribution in [2.75, 3.05) is 47.5 Å². The summed E-state index contributed by atoms with van der Waals surface area (Å²) in [4.78, 5) is 37.2. The molecule has 0 aliphatic carbocycles. The van der Waals surface area contributed by atoms with Crippen LogP contribution in [0.4, 0.5) is 0 Å². The Bertz CT molecular complexity index is 1860. The molecule has 0 aliphatic rings. The van der Waals surface area contributed by atoms with E-state index in [1.54, 1.807) is 0 Å². The van der Waals surface area contributed by atoms with Crippen molar-refractivity contribution < 1.29 is 42.9 Å². The summed E-state index contributed by atoms with van der Waals surface area (Å²) in [5.41, 5.74) is 0. The molecule has 0 spiro atoms. The summed E-state index contributed by atoms with van der Waals surface area (Å²) in [5.74, 6) is -2.39. The zero-order valence-corrected chi connectivity index (χ0v) is 48.7. The minimum Gasteiger partial charge on any atom is -0.545 e. The molecule has 2 atom stereocenters. The molecule has 0 bridgehead atoms. The van der Waals surface area contributed by atoms with Gasteiger partial charge in [0.15, 0.2) is 12.4 Å². The molecule has 0 radical (unpaired) electrons. The summed E-state index contributed by atoms with van der Waals surface area (Å²) < 4.78 is 22.5. The van der Waals surface area contributed by atoms with Crippen LogP contribution in [-0.4, -0.2) is 82.3 Å². The highest BCUT2D eigenvalue weighted by Crippen LogP contribution is 2.11. The lowest BCUT2D eigenvalue weighted by Crippen LogP contribution is -2.44. The fourth-order valence-corrected chi connectivity index (χ4v) is 6.96. The lowest BCUT2D eigenvalue weighted by molar-refractivity contribution is -0.870. The number of quaternary nitrogens is 1. The number of esters is 2. The number of aliphatic carboxylic acids is 1. The molecule has 0 aromatic carbocycles. The van der Waals surface area contributed by atoms with Crippen LogP contribution in [0.5, 0.6) is 0 Å². The first kappa shape index (κ1) is 71.7. The highest BCUT2D eigenvalue weighted by Gasteiger charge is 2.21. The Morgan fingerprint density at radius 2 is 0.740 bits per heavy atom. The van der Waals surface area contributed by atoms with E-state index in [0.717, 1.165) is 135 Å². The first-order valence-corrected chi connectivity index (χ1v) is 29.3. The Balaban J connectivity index is 4.31. The number of nitrogens with zero attached hydrogens (tertiary/aromatic N) is 1. The zero-order chi connectivity index (χ0) is 56.2. The highest BCUT2D eigenvalue weighted by atomic mass is 16.7. The maximum Gasteiger partial charge on any atom is 0.306 e. The maximum absolute atomic E-state index is 12.8. The third kappa shape index (κ3) is 58.2. The minimum atomic E-state index is -1.65. The molecule has 0 amide bonds. The molecule has 430 valence electrons. The Hall–Kier alpha value is -5.35. The van der Waals surface area contributed by atoms with Crippen LogP contribution in [-0.2, 0) is 33.3 Å².